The van der Waals surface area contributed by atoms with E-state index in [0.29, 0.717) is 0 Å². The average Bonchev–Trinajstić information content (AvgIpc) is 2.50. The summed E-state index contributed by atoms with van der Waals surface area (Å²) in [6, 6.07) is 7.59. The van der Waals surface area contributed by atoms with Crippen LogP contribution in [0.15, 0.2) is 36.5 Å². The molecule has 0 saturated carbocycles. The number of amides is 1. The fraction of sp³-hybridized carbons (Fsp3) is 0.133. The Bertz CT molecular complexity index is 732. The normalized spacial score (nSPS) is 11.7. The molecule has 0 aliphatic rings. The van der Waals surface area contributed by atoms with E-state index in [2.05, 4.69) is 10.3 Å². The minimum atomic E-state index is -1.05. The van der Waals surface area contributed by atoms with Gasteiger partial charge in [-0.05, 0) is 31.2 Å². The number of benzene rings is 1. The monoisotopic (exact) mass is 372 g/mol. The zero-order chi connectivity index (χ0) is 17.0. The standard InChI is InChI=1S/C15H11Cl3N2O3/c1-8(23-15(22)9-5-6-19-12(18)7-9)14(21)20-13-10(16)3-2-4-11(13)17/h2-8H,1H3,(H,20,21)/t8-/m1/s1. The summed E-state index contributed by atoms with van der Waals surface area (Å²) in [7, 11) is 0. The molecule has 0 aliphatic heterocycles. The van der Waals surface area contributed by atoms with Crippen LogP contribution in [0.25, 0.3) is 0 Å². The Labute approximate surface area is 147 Å². The van der Waals surface area contributed by atoms with Crippen LogP contribution in [-0.4, -0.2) is 23.0 Å². The molecule has 1 N–H and O–H groups in total. The molecule has 120 valence electrons. The van der Waals surface area contributed by atoms with E-state index in [9.17, 15) is 9.59 Å². The smallest absolute Gasteiger partial charge is 0.339 e. The molecule has 1 aromatic heterocycles. The van der Waals surface area contributed by atoms with Crippen LogP contribution in [0.3, 0.4) is 0 Å². The van der Waals surface area contributed by atoms with Gasteiger partial charge in [-0.2, -0.15) is 0 Å². The summed E-state index contributed by atoms with van der Waals surface area (Å²) in [5.74, 6) is -1.25. The Hall–Kier alpha value is -1.82. The molecule has 0 bridgehead atoms. The van der Waals surface area contributed by atoms with Gasteiger partial charge in [0, 0.05) is 6.20 Å². The van der Waals surface area contributed by atoms with Gasteiger partial charge in [0.25, 0.3) is 5.91 Å². The van der Waals surface area contributed by atoms with Crippen LogP contribution in [0.1, 0.15) is 17.3 Å². The van der Waals surface area contributed by atoms with E-state index in [-0.39, 0.29) is 26.4 Å². The lowest BCUT2D eigenvalue weighted by Crippen LogP contribution is -2.30. The summed E-state index contributed by atoms with van der Waals surface area (Å²) in [5.41, 5.74) is 0.455. The van der Waals surface area contributed by atoms with Crippen LogP contribution in [0.2, 0.25) is 15.2 Å². The number of ether oxygens (including phenoxy) is 1. The van der Waals surface area contributed by atoms with Crippen molar-refractivity contribution in [1.29, 1.82) is 0 Å². The number of halogens is 3. The molecule has 8 heteroatoms. The maximum absolute atomic E-state index is 12.1. The molecule has 2 aromatic rings. The summed E-state index contributed by atoms with van der Waals surface area (Å²) < 4.78 is 5.08. The molecule has 2 rings (SSSR count). The van der Waals surface area contributed by atoms with Gasteiger partial charge in [0.05, 0.1) is 21.3 Å². The molecule has 1 amide bonds. The van der Waals surface area contributed by atoms with Gasteiger partial charge in [-0.15, -0.1) is 0 Å². The molecular weight excluding hydrogens is 363 g/mol. The molecule has 1 heterocycles. The van der Waals surface area contributed by atoms with Gasteiger partial charge in [0.1, 0.15) is 5.15 Å². The average molecular weight is 374 g/mol. The van der Waals surface area contributed by atoms with Crippen molar-refractivity contribution < 1.29 is 14.3 Å². The second kappa shape index (κ2) is 7.64. The third-order valence-corrected chi connectivity index (χ3v) is 3.66. The van der Waals surface area contributed by atoms with Crippen molar-refractivity contribution in [2.45, 2.75) is 13.0 Å². The van der Waals surface area contributed by atoms with E-state index in [1.54, 1.807) is 18.2 Å². The van der Waals surface area contributed by atoms with Crippen molar-refractivity contribution in [2.75, 3.05) is 5.32 Å². The molecule has 1 atom stereocenters. The number of para-hydroxylation sites is 1. The van der Waals surface area contributed by atoms with Crippen LogP contribution in [0.5, 0.6) is 0 Å². The van der Waals surface area contributed by atoms with Gasteiger partial charge in [-0.25, -0.2) is 9.78 Å². The third-order valence-electron chi connectivity index (χ3n) is 2.83. The number of aromatic nitrogens is 1. The fourth-order valence-corrected chi connectivity index (χ4v) is 2.32. The molecule has 0 spiro atoms. The molecule has 0 radical (unpaired) electrons. The first-order chi connectivity index (χ1) is 10.9. The molecular formula is C15H11Cl3N2O3. The number of hydrogen-bond donors (Lipinski definition) is 1. The number of nitrogens with zero attached hydrogens (tertiary/aromatic N) is 1. The maximum atomic E-state index is 12.1. The summed E-state index contributed by atoms with van der Waals surface area (Å²) in [6.45, 7) is 1.43. The number of rotatable bonds is 4. The molecule has 0 aliphatic carbocycles. The number of pyridine rings is 1. The van der Waals surface area contributed by atoms with Gasteiger partial charge in [0.2, 0.25) is 0 Å². The lowest BCUT2D eigenvalue weighted by molar-refractivity contribution is -0.123. The van der Waals surface area contributed by atoms with Gasteiger partial charge >= 0.3 is 5.97 Å². The van der Waals surface area contributed by atoms with Crippen molar-refractivity contribution in [3.05, 3.63) is 57.3 Å². The second-order valence-corrected chi connectivity index (χ2v) is 5.70. The van der Waals surface area contributed by atoms with E-state index in [1.165, 1.54) is 25.3 Å². The van der Waals surface area contributed by atoms with Crippen molar-refractivity contribution in [2.24, 2.45) is 0 Å². The number of carbonyl (C=O) groups is 2. The number of carbonyl (C=O) groups excluding carboxylic acids is 2. The van der Waals surface area contributed by atoms with Gasteiger partial charge in [-0.3, -0.25) is 4.79 Å². The highest BCUT2D eigenvalue weighted by Gasteiger charge is 2.21. The topological polar surface area (TPSA) is 68.3 Å². The van der Waals surface area contributed by atoms with Gasteiger partial charge in [-0.1, -0.05) is 40.9 Å². The quantitative estimate of drug-likeness (QED) is 0.643. The second-order valence-electron chi connectivity index (χ2n) is 4.50. The summed E-state index contributed by atoms with van der Waals surface area (Å²) >= 11 is 17.6. The highest BCUT2D eigenvalue weighted by molar-refractivity contribution is 6.39. The zero-order valence-electron chi connectivity index (χ0n) is 11.8. The number of anilines is 1. The molecule has 5 nitrogen and oxygen atoms in total. The maximum Gasteiger partial charge on any atom is 0.339 e. The Kier molecular flexibility index (Phi) is 5.82. The lowest BCUT2D eigenvalue weighted by atomic mass is 10.2. The van der Waals surface area contributed by atoms with E-state index in [0.717, 1.165) is 0 Å². The fourth-order valence-electron chi connectivity index (χ4n) is 1.65. The molecule has 23 heavy (non-hydrogen) atoms. The third kappa shape index (κ3) is 4.58. The lowest BCUT2D eigenvalue weighted by Gasteiger charge is -2.15. The van der Waals surface area contributed by atoms with Crippen molar-refractivity contribution in [3.63, 3.8) is 0 Å². The van der Waals surface area contributed by atoms with Crippen molar-refractivity contribution >= 4 is 52.4 Å². The Balaban J connectivity index is 2.04. The first-order valence-electron chi connectivity index (χ1n) is 6.46. The molecule has 0 fully saturated rings. The van der Waals surface area contributed by atoms with E-state index >= 15 is 0 Å². The molecule has 0 unspecified atom stereocenters. The molecule has 1 aromatic carbocycles. The first-order valence-corrected chi connectivity index (χ1v) is 7.59. The summed E-state index contributed by atoms with van der Waals surface area (Å²) in [4.78, 5) is 27.8. The van der Waals surface area contributed by atoms with Gasteiger partial charge < -0.3 is 10.1 Å². The van der Waals surface area contributed by atoms with E-state index in [4.69, 9.17) is 39.5 Å². The van der Waals surface area contributed by atoms with Crippen LogP contribution in [0, 0.1) is 0 Å². The van der Waals surface area contributed by atoms with E-state index < -0.39 is 18.0 Å². The number of esters is 1. The Morgan fingerprint density at radius 1 is 1.17 bits per heavy atom. The van der Waals surface area contributed by atoms with Crippen LogP contribution >= 0.6 is 34.8 Å². The predicted molar refractivity (Wildman–Crippen MR) is 89.2 cm³/mol. The van der Waals surface area contributed by atoms with Gasteiger partial charge in [0.15, 0.2) is 6.10 Å². The number of hydrogen-bond acceptors (Lipinski definition) is 4. The van der Waals surface area contributed by atoms with Crippen molar-refractivity contribution in [1.82, 2.24) is 4.98 Å². The van der Waals surface area contributed by atoms with Crippen LogP contribution < -0.4 is 5.32 Å². The SMILES string of the molecule is C[C@@H](OC(=O)c1ccnc(Cl)c1)C(=O)Nc1c(Cl)cccc1Cl. The highest BCUT2D eigenvalue weighted by Crippen LogP contribution is 2.29. The summed E-state index contributed by atoms with van der Waals surface area (Å²) in [5, 5.41) is 3.25. The minimum absolute atomic E-state index is 0.152. The molecule has 0 saturated heterocycles. The van der Waals surface area contributed by atoms with Crippen LogP contribution in [0.4, 0.5) is 5.69 Å². The minimum Gasteiger partial charge on any atom is -0.449 e. The first kappa shape index (κ1) is 17.5. The number of nitrogens with one attached hydrogen (secondary N) is 1. The largest absolute Gasteiger partial charge is 0.449 e. The van der Waals surface area contributed by atoms with Crippen molar-refractivity contribution in [3.8, 4) is 0 Å². The Morgan fingerprint density at radius 2 is 1.83 bits per heavy atom. The zero-order valence-corrected chi connectivity index (χ0v) is 14.1. The Morgan fingerprint density at radius 3 is 2.43 bits per heavy atom. The van der Waals surface area contributed by atoms with Crippen LogP contribution in [-0.2, 0) is 9.53 Å². The highest BCUT2D eigenvalue weighted by atomic mass is 35.5. The summed E-state index contributed by atoms with van der Waals surface area (Å²) in [6.07, 6.45) is 0.314. The predicted octanol–water partition coefficient (Wildman–Crippen LogP) is 4.23. The van der Waals surface area contributed by atoms with E-state index in [1.807, 2.05) is 0 Å².